The number of nitrogens with one attached hydrogen (secondary N) is 1. The molecular formula is C12H21NOS. The van der Waals surface area contributed by atoms with Crippen LogP contribution in [0.1, 0.15) is 30.7 Å². The van der Waals surface area contributed by atoms with Crippen molar-refractivity contribution in [2.75, 3.05) is 6.54 Å². The number of hydrogen-bond acceptors (Lipinski definition) is 3. The van der Waals surface area contributed by atoms with Crippen LogP contribution >= 0.6 is 11.3 Å². The van der Waals surface area contributed by atoms with E-state index >= 15 is 0 Å². The van der Waals surface area contributed by atoms with Crippen molar-refractivity contribution in [3.05, 3.63) is 21.9 Å². The molecule has 0 spiro atoms. The highest BCUT2D eigenvalue weighted by atomic mass is 32.1. The predicted molar refractivity (Wildman–Crippen MR) is 66.2 cm³/mol. The second-order valence-corrected chi connectivity index (χ2v) is 5.30. The standard InChI is InChI=1S/C12H21NOS/c1-9(2)11(14)4-6-13-8-12-10(3)5-7-15-12/h5,7,9,11,13-14H,4,6,8H2,1-3H3. The van der Waals surface area contributed by atoms with Crippen molar-refractivity contribution in [1.29, 1.82) is 0 Å². The van der Waals surface area contributed by atoms with Crippen molar-refractivity contribution in [1.82, 2.24) is 5.32 Å². The smallest absolute Gasteiger partial charge is 0.0575 e. The number of rotatable bonds is 6. The van der Waals surface area contributed by atoms with Gasteiger partial charge in [0.15, 0.2) is 0 Å². The molecule has 0 amide bonds. The van der Waals surface area contributed by atoms with Crippen LogP contribution in [0.15, 0.2) is 11.4 Å². The van der Waals surface area contributed by atoms with E-state index in [2.05, 4.69) is 23.7 Å². The largest absolute Gasteiger partial charge is 0.393 e. The van der Waals surface area contributed by atoms with Crippen molar-refractivity contribution in [3.63, 3.8) is 0 Å². The molecular weight excluding hydrogens is 206 g/mol. The average molecular weight is 227 g/mol. The molecule has 1 unspecified atom stereocenters. The molecule has 0 fully saturated rings. The Balaban J connectivity index is 2.15. The van der Waals surface area contributed by atoms with Gasteiger partial charge in [-0.2, -0.15) is 0 Å². The van der Waals surface area contributed by atoms with Crippen LogP contribution in [-0.2, 0) is 6.54 Å². The molecule has 1 aromatic heterocycles. The predicted octanol–water partition coefficient (Wildman–Crippen LogP) is 2.55. The van der Waals surface area contributed by atoms with Crippen molar-refractivity contribution in [2.24, 2.45) is 5.92 Å². The molecule has 0 aliphatic rings. The lowest BCUT2D eigenvalue weighted by Crippen LogP contribution is -2.23. The molecule has 0 aromatic carbocycles. The zero-order valence-corrected chi connectivity index (χ0v) is 10.6. The van der Waals surface area contributed by atoms with Gasteiger partial charge in [-0.3, -0.25) is 0 Å². The highest BCUT2D eigenvalue weighted by Gasteiger charge is 2.08. The van der Waals surface area contributed by atoms with Crippen LogP contribution in [0.5, 0.6) is 0 Å². The summed E-state index contributed by atoms with van der Waals surface area (Å²) in [5, 5.41) is 15.1. The van der Waals surface area contributed by atoms with Gasteiger partial charge in [0.25, 0.3) is 0 Å². The fraction of sp³-hybridized carbons (Fsp3) is 0.667. The molecule has 1 atom stereocenters. The normalized spacial score (nSPS) is 13.4. The third kappa shape index (κ3) is 4.33. The van der Waals surface area contributed by atoms with E-state index in [0.29, 0.717) is 5.92 Å². The third-order valence-corrected chi connectivity index (χ3v) is 3.66. The van der Waals surface area contributed by atoms with Crippen molar-refractivity contribution in [2.45, 2.75) is 39.8 Å². The van der Waals surface area contributed by atoms with Gasteiger partial charge >= 0.3 is 0 Å². The minimum atomic E-state index is -0.179. The molecule has 0 aliphatic carbocycles. The molecule has 1 rings (SSSR count). The summed E-state index contributed by atoms with van der Waals surface area (Å²) >= 11 is 1.79. The number of aliphatic hydroxyl groups excluding tert-OH is 1. The Hall–Kier alpha value is -0.380. The monoisotopic (exact) mass is 227 g/mol. The summed E-state index contributed by atoms with van der Waals surface area (Å²) in [6, 6.07) is 2.14. The lowest BCUT2D eigenvalue weighted by molar-refractivity contribution is 0.116. The van der Waals surface area contributed by atoms with E-state index in [-0.39, 0.29) is 6.10 Å². The first-order chi connectivity index (χ1) is 7.11. The summed E-state index contributed by atoms with van der Waals surface area (Å²) in [4.78, 5) is 1.40. The Morgan fingerprint density at radius 2 is 2.20 bits per heavy atom. The van der Waals surface area contributed by atoms with Crippen molar-refractivity contribution >= 4 is 11.3 Å². The van der Waals surface area contributed by atoms with E-state index < -0.39 is 0 Å². The van der Waals surface area contributed by atoms with Crippen LogP contribution < -0.4 is 5.32 Å². The molecule has 0 bridgehead atoms. The van der Waals surface area contributed by atoms with Crippen LogP contribution in [0.4, 0.5) is 0 Å². The Morgan fingerprint density at radius 1 is 1.47 bits per heavy atom. The van der Waals surface area contributed by atoms with Crippen molar-refractivity contribution in [3.8, 4) is 0 Å². The fourth-order valence-electron chi connectivity index (χ4n) is 1.37. The lowest BCUT2D eigenvalue weighted by atomic mass is 10.0. The van der Waals surface area contributed by atoms with Crippen LogP contribution in [-0.4, -0.2) is 17.8 Å². The first kappa shape index (κ1) is 12.7. The SMILES string of the molecule is Cc1ccsc1CNCCC(O)C(C)C. The van der Waals surface area contributed by atoms with Gasteiger partial charge in [0.2, 0.25) is 0 Å². The van der Waals surface area contributed by atoms with E-state index in [9.17, 15) is 5.11 Å². The average Bonchev–Trinajstić information content (AvgIpc) is 2.58. The summed E-state index contributed by atoms with van der Waals surface area (Å²) in [5.41, 5.74) is 1.36. The highest BCUT2D eigenvalue weighted by Crippen LogP contribution is 2.14. The summed E-state index contributed by atoms with van der Waals surface area (Å²) in [6.45, 7) is 8.05. The molecule has 15 heavy (non-hydrogen) atoms. The van der Waals surface area contributed by atoms with Crippen LogP contribution in [0, 0.1) is 12.8 Å². The summed E-state index contributed by atoms with van der Waals surface area (Å²) < 4.78 is 0. The van der Waals surface area contributed by atoms with E-state index in [1.165, 1.54) is 10.4 Å². The van der Waals surface area contributed by atoms with Gasteiger partial charge < -0.3 is 10.4 Å². The highest BCUT2D eigenvalue weighted by molar-refractivity contribution is 7.10. The zero-order chi connectivity index (χ0) is 11.3. The Labute approximate surface area is 96.3 Å². The first-order valence-corrected chi connectivity index (χ1v) is 6.41. The molecule has 1 heterocycles. The maximum absolute atomic E-state index is 9.60. The lowest BCUT2D eigenvalue weighted by Gasteiger charge is -2.14. The summed E-state index contributed by atoms with van der Waals surface area (Å²) in [5.74, 6) is 0.357. The van der Waals surface area contributed by atoms with Crippen LogP contribution in [0.2, 0.25) is 0 Å². The maximum atomic E-state index is 9.60. The second kappa shape index (κ2) is 6.26. The minimum Gasteiger partial charge on any atom is -0.393 e. The van der Waals surface area contributed by atoms with Crippen molar-refractivity contribution < 1.29 is 5.11 Å². The Morgan fingerprint density at radius 3 is 2.73 bits per heavy atom. The molecule has 2 N–H and O–H groups in total. The maximum Gasteiger partial charge on any atom is 0.0575 e. The Kier molecular flexibility index (Phi) is 5.29. The molecule has 2 nitrogen and oxygen atoms in total. The molecule has 86 valence electrons. The zero-order valence-electron chi connectivity index (χ0n) is 9.79. The Bertz CT molecular complexity index is 283. The van der Waals surface area contributed by atoms with Gasteiger partial charge in [0, 0.05) is 11.4 Å². The topological polar surface area (TPSA) is 32.3 Å². The van der Waals surface area contributed by atoms with E-state index in [4.69, 9.17) is 0 Å². The number of aliphatic hydroxyl groups is 1. The minimum absolute atomic E-state index is 0.179. The molecule has 0 saturated heterocycles. The first-order valence-electron chi connectivity index (χ1n) is 5.53. The molecule has 0 saturated carbocycles. The van der Waals surface area contributed by atoms with Crippen LogP contribution in [0.3, 0.4) is 0 Å². The van der Waals surface area contributed by atoms with Gasteiger partial charge in [0.05, 0.1) is 6.10 Å². The molecule has 3 heteroatoms. The molecule has 1 aromatic rings. The van der Waals surface area contributed by atoms with E-state index in [1.54, 1.807) is 11.3 Å². The second-order valence-electron chi connectivity index (χ2n) is 4.30. The van der Waals surface area contributed by atoms with Gasteiger partial charge in [0.1, 0.15) is 0 Å². The number of aryl methyl sites for hydroxylation is 1. The quantitative estimate of drug-likeness (QED) is 0.732. The molecule has 0 radical (unpaired) electrons. The number of hydrogen-bond donors (Lipinski definition) is 2. The van der Waals surface area contributed by atoms with Crippen LogP contribution in [0.25, 0.3) is 0 Å². The van der Waals surface area contributed by atoms with Gasteiger partial charge in [-0.05, 0) is 42.8 Å². The summed E-state index contributed by atoms with van der Waals surface area (Å²) in [6.07, 6.45) is 0.657. The van der Waals surface area contributed by atoms with E-state index in [0.717, 1.165) is 19.5 Å². The molecule has 0 aliphatic heterocycles. The fourth-order valence-corrected chi connectivity index (χ4v) is 2.25. The van der Waals surface area contributed by atoms with Gasteiger partial charge in [-0.25, -0.2) is 0 Å². The van der Waals surface area contributed by atoms with Gasteiger partial charge in [-0.1, -0.05) is 13.8 Å². The van der Waals surface area contributed by atoms with Gasteiger partial charge in [-0.15, -0.1) is 11.3 Å². The summed E-state index contributed by atoms with van der Waals surface area (Å²) in [7, 11) is 0. The van der Waals surface area contributed by atoms with E-state index in [1.807, 2.05) is 13.8 Å². The number of thiophene rings is 1. The third-order valence-electron chi connectivity index (χ3n) is 2.64.